The third-order valence-electron chi connectivity index (χ3n) is 2.96. The molecule has 0 amide bonds. The zero-order valence-corrected chi connectivity index (χ0v) is 10.4. The van der Waals surface area contributed by atoms with E-state index in [1.807, 2.05) is 13.0 Å². The smallest absolute Gasteiger partial charge is 0.124 e. The molecule has 0 radical (unpaired) electrons. The highest BCUT2D eigenvalue weighted by molar-refractivity contribution is 5.42. The van der Waals surface area contributed by atoms with Crippen LogP contribution in [-0.2, 0) is 6.42 Å². The summed E-state index contributed by atoms with van der Waals surface area (Å²) in [5.41, 5.74) is 7.66. The third kappa shape index (κ3) is 2.24. The van der Waals surface area contributed by atoms with Crippen LogP contribution in [0.1, 0.15) is 29.9 Å². The fourth-order valence-corrected chi connectivity index (χ4v) is 2.03. The maximum atomic E-state index is 13.3. The van der Waals surface area contributed by atoms with Gasteiger partial charge in [0, 0.05) is 17.5 Å². The van der Waals surface area contributed by atoms with Crippen molar-refractivity contribution in [2.75, 3.05) is 7.11 Å². The first-order chi connectivity index (χ1) is 8.67. The molecule has 0 fully saturated rings. The first kappa shape index (κ1) is 12.6. The first-order valence-electron chi connectivity index (χ1n) is 5.82. The monoisotopic (exact) mass is 249 g/mol. The van der Waals surface area contributed by atoms with Crippen molar-refractivity contribution < 1.29 is 13.5 Å². The molecule has 0 saturated carbocycles. The van der Waals surface area contributed by atoms with Gasteiger partial charge in [0.2, 0.25) is 0 Å². The quantitative estimate of drug-likeness (QED) is 0.906. The van der Waals surface area contributed by atoms with E-state index in [2.05, 4.69) is 0 Å². The molecule has 4 heteroatoms. The van der Waals surface area contributed by atoms with Crippen LogP contribution in [0.5, 0.6) is 5.75 Å². The van der Waals surface area contributed by atoms with Crippen molar-refractivity contribution in [2.45, 2.75) is 19.4 Å². The largest absolute Gasteiger partial charge is 0.496 e. The lowest BCUT2D eigenvalue weighted by Gasteiger charge is -2.15. The van der Waals surface area contributed by atoms with Crippen LogP contribution in [0.4, 0.5) is 4.39 Å². The minimum atomic E-state index is -0.454. The molecule has 0 aliphatic rings. The number of nitrogens with two attached hydrogens (primary N) is 1. The van der Waals surface area contributed by atoms with Crippen LogP contribution >= 0.6 is 0 Å². The van der Waals surface area contributed by atoms with Gasteiger partial charge in [-0.15, -0.1) is 0 Å². The Kier molecular flexibility index (Phi) is 3.67. The summed E-state index contributed by atoms with van der Waals surface area (Å²) in [6, 6.07) is 5.69. The summed E-state index contributed by atoms with van der Waals surface area (Å²) in [6.07, 6.45) is 2.34. The molecule has 0 saturated heterocycles. The van der Waals surface area contributed by atoms with Gasteiger partial charge in [-0.05, 0) is 24.3 Å². The van der Waals surface area contributed by atoms with Crippen molar-refractivity contribution in [3.05, 3.63) is 53.2 Å². The highest BCUT2D eigenvalue weighted by atomic mass is 19.1. The summed E-state index contributed by atoms with van der Waals surface area (Å²) in [6.45, 7) is 1.98. The molecule has 1 atom stereocenters. The van der Waals surface area contributed by atoms with E-state index in [0.717, 1.165) is 17.7 Å². The number of methoxy groups -OCH3 is 1. The van der Waals surface area contributed by atoms with Gasteiger partial charge < -0.3 is 14.9 Å². The molecule has 96 valence electrons. The van der Waals surface area contributed by atoms with E-state index in [9.17, 15) is 4.39 Å². The zero-order valence-electron chi connectivity index (χ0n) is 10.4. The maximum absolute atomic E-state index is 13.3. The molecule has 2 aromatic rings. The van der Waals surface area contributed by atoms with Crippen molar-refractivity contribution in [3.63, 3.8) is 0 Å². The number of ether oxygens (including phenoxy) is 1. The molecule has 2 rings (SSSR count). The average molecular weight is 249 g/mol. The van der Waals surface area contributed by atoms with Crippen LogP contribution in [0.15, 0.2) is 34.9 Å². The fraction of sp³-hybridized carbons (Fsp3) is 0.286. The molecule has 0 bridgehead atoms. The SMILES string of the molecule is CCc1occc1C(N)c1cc(F)ccc1OC. The van der Waals surface area contributed by atoms with Crippen LogP contribution in [0.2, 0.25) is 0 Å². The number of hydrogen-bond donors (Lipinski definition) is 1. The molecule has 3 nitrogen and oxygen atoms in total. The average Bonchev–Trinajstić information content (AvgIpc) is 2.86. The van der Waals surface area contributed by atoms with Crippen LogP contribution in [0.25, 0.3) is 0 Å². The van der Waals surface area contributed by atoms with E-state index in [1.165, 1.54) is 12.1 Å². The summed E-state index contributed by atoms with van der Waals surface area (Å²) >= 11 is 0. The molecular formula is C14H16FNO2. The van der Waals surface area contributed by atoms with Crippen molar-refractivity contribution in [1.82, 2.24) is 0 Å². The van der Waals surface area contributed by atoms with Crippen molar-refractivity contribution in [1.29, 1.82) is 0 Å². The Morgan fingerprint density at radius 1 is 1.33 bits per heavy atom. The number of rotatable bonds is 4. The first-order valence-corrected chi connectivity index (χ1v) is 5.82. The minimum Gasteiger partial charge on any atom is -0.496 e. The Morgan fingerprint density at radius 2 is 2.11 bits per heavy atom. The molecule has 0 spiro atoms. The second kappa shape index (κ2) is 5.23. The van der Waals surface area contributed by atoms with E-state index in [4.69, 9.17) is 14.9 Å². The van der Waals surface area contributed by atoms with Crippen molar-refractivity contribution in [2.24, 2.45) is 5.73 Å². The molecule has 0 aliphatic carbocycles. The lowest BCUT2D eigenvalue weighted by atomic mass is 9.98. The minimum absolute atomic E-state index is 0.331. The highest BCUT2D eigenvalue weighted by Crippen LogP contribution is 2.31. The van der Waals surface area contributed by atoms with Gasteiger partial charge in [0.1, 0.15) is 17.3 Å². The lowest BCUT2D eigenvalue weighted by molar-refractivity contribution is 0.406. The second-order valence-corrected chi connectivity index (χ2v) is 4.02. The highest BCUT2D eigenvalue weighted by Gasteiger charge is 2.19. The molecule has 1 heterocycles. The standard InChI is InChI=1S/C14H16FNO2/c1-3-12-10(6-7-18-12)14(16)11-8-9(15)4-5-13(11)17-2/h4-8,14H,3,16H2,1-2H3. The van der Waals surface area contributed by atoms with Gasteiger partial charge in [-0.3, -0.25) is 0 Å². The van der Waals surface area contributed by atoms with Gasteiger partial charge in [0.05, 0.1) is 19.4 Å². The number of halogens is 1. The zero-order chi connectivity index (χ0) is 13.1. The van der Waals surface area contributed by atoms with Gasteiger partial charge in [-0.2, -0.15) is 0 Å². The number of hydrogen-bond acceptors (Lipinski definition) is 3. The topological polar surface area (TPSA) is 48.4 Å². The van der Waals surface area contributed by atoms with Crippen LogP contribution in [0, 0.1) is 5.82 Å². The summed E-state index contributed by atoms with van der Waals surface area (Å²) in [5, 5.41) is 0. The third-order valence-corrected chi connectivity index (χ3v) is 2.96. The lowest BCUT2D eigenvalue weighted by Crippen LogP contribution is -2.14. The van der Waals surface area contributed by atoms with E-state index >= 15 is 0 Å². The summed E-state index contributed by atoms with van der Waals surface area (Å²) in [7, 11) is 1.54. The van der Waals surface area contributed by atoms with E-state index in [0.29, 0.717) is 11.3 Å². The van der Waals surface area contributed by atoms with Crippen LogP contribution in [-0.4, -0.2) is 7.11 Å². The second-order valence-electron chi connectivity index (χ2n) is 4.02. The predicted molar refractivity (Wildman–Crippen MR) is 67.1 cm³/mol. The summed E-state index contributed by atoms with van der Waals surface area (Å²) in [4.78, 5) is 0. The summed E-state index contributed by atoms with van der Waals surface area (Å²) < 4.78 is 23.9. The summed E-state index contributed by atoms with van der Waals surface area (Å²) in [5.74, 6) is 1.06. The van der Waals surface area contributed by atoms with Crippen molar-refractivity contribution >= 4 is 0 Å². The van der Waals surface area contributed by atoms with Gasteiger partial charge >= 0.3 is 0 Å². The Balaban J connectivity index is 2.45. The van der Waals surface area contributed by atoms with Crippen LogP contribution < -0.4 is 10.5 Å². The molecule has 1 aromatic heterocycles. The van der Waals surface area contributed by atoms with Gasteiger partial charge in [0.25, 0.3) is 0 Å². The predicted octanol–water partition coefficient (Wildman–Crippen LogP) is 3.04. The number of aryl methyl sites for hydroxylation is 1. The maximum Gasteiger partial charge on any atom is 0.124 e. The molecule has 1 unspecified atom stereocenters. The van der Waals surface area contributed by atoms with Crippen LogP contribution in [0.3, 0.4) is 0 Å². The molecular weight excluding hydrogens is 233 g/mol. The molecule has 18 heavy (non-hydrogen) atoms. The Hall–Kier alpha value is -1.81. The Bertz CT molecular complexity index is 536. The van der Waals surface area contributed by atoms with Gasteiger partial charge in [0.15, 0.2) is 0 Å². The molecule has 2 N–H and O–H groups in total. The molecule has 0 aliphatic heterocycles. The number of furan rings is 1. The number of benzene rings is 1. The fourth-order valence-electron chi connectivity index (χ4n) is 2.03. The van der Waals surface area contributed by atoms with Crippen molar-refractivity contribution in [3.8, 4) is 5.75 Å². The van der Waals surface area contributed by atoms with Gasteiger partial charge in [-0.25, -0.2) is 4.39 Å². The van der Waals surface area contributed by atoms with Gasteiger partial charge in [-0.1, -0.05) is 6.92 Å². The van der Waals surface area contributed by atoms with E-state index in [1.54, 1.807) is 19.4 Å². The molecule has 1 aromatic carbocycles. The van der Waals surface area contributed by atoms with E-state index < -0.39 is 6.04 Å². The normalized spacial score (nSPS) is 12.4. The Morgan fingerprint density at radius 3 is 2.78 bits per heavy atom. The Labute approximate surface area is 105 Å². The van der Waals surface area contributed by atoms with E-state index in [-0.39, 0.29) is 5.82 Å².